The first-order chi connectivity index (χ1) is 25.8. The summed E-state index contributed by atoms with van der Waals surface area (Å²) in [7, 11) is 3.88. The summed E-state index contributed by atoms with van der Waals surface area (Å²) in [5.41, 5.74) is 13.3. The molecule has 2 heterocycles. The number of benzene rings is 3. The van der Waals surface area contributed by atoms with E-state index >= 15 is 0 Å². The van der Waals surface area contributed by atoms with E-state index in [4.69, 9.17) is 19.7 Å². The number of fused-ring (bicyclic) bond motifs is 1. The maximum atomic E-state index is 13.5. The Kier molecular flexibility index (Phi) is 14.8. The number of hydrogen-bond donors (Lipinski definition) is 3. The third-order valence-electron chi connectivity index (χ3n) is 8.87. The number of amides is 3. The quantitative estimate of drug-likeness (QED) is 0.0545. The number of nitrogens with one attached hydrogen (secondary N) is 3. The van der Waals surface area contributed by atoms with Gasteiger partial charge in [0.1, 0.15) is 0 Å². The van der Waals surface area contributed by atoms with Crippen LogP contribution in [0.25, 0.3) is 21.7 Å². The second-order valence-electron chi connectivity index (χ2n) is 12.6. The molecule has 0 radical (unpaired) electrons. The zero-order chi connectivity index (χ0) is 37.4. The Labute approximate surface area is 309 Å². The second kappa shape index (κ2) is 20.1. The normalized spacial score (nSPS) is 15.2. The topological polar surface area (TPSA) is 173 Å². The summed E-state index contributed by atoms with van der Waals surface area (Å²) < 4.78 is 16.2. The van der Waals surface area contributed by atoms with Crippen LogP contribution in [-0.2, 0) is 23.8 Å². The van der Waals surface area contributed by atoms with Gasteiger partial charge in [0.25, 0.3) is 11.8 Å². The van der Waals surface area contributed by atoms with Crippen molar-refractivity contribution in [3.8, 4) is 0 Å². The number of likely N-dealkylation sites (N-methyl/N-ethyl adjacent to an activating group) is 2. The van der Waals surface area contributed by atoms with Gasteiger partial charge in [-0.1, -0.05) is 41.5 Å². The highest BCUT2D eigenvalue weighted by Gasteiger charge is 2.29. The minimum atomic E-state index is -0.287. The van der Waals surface area contributed by atoms with Gasteiger partial charge in [-0.2, -0.15) is 0 Å². The molecule has 53 heavy (non-hydrogen) atoms. The van der Waals surface area contributed by atoms with Crippen molar-refractivity contribution in [1.29, 1.82) is 0 Å². The number of piperazine rings is 1. The summed E-state index contributed by atoms with van der Waals surface area (Å²) in [4.78, 5) is 48.3. The van der Waals surface area contributed by atoms with Crippen LogP contribution in [0.3, 0.4) is 0 Å². The molecule has 0 saturated carbocycles. The highest BCUT2D eigenvalue weighted by molar-refractivity contribution is 6.37. The summed E-state index contributed by atoms with van der Waals surface area (Å²) >= 11 is 0. The maximum Gasteiger partial charge on any atom is 0.258 e. The molecule has 3 N–H and O–H groups in total. The Balaban J connectivity index is 1.17. The van der Waals surface area contributed by atoms with Crippen molar-refractivity contribution in [2.45, 2.75) is 0 Å². The Morgan fingerprint density at radius 1 is 0.887 bits per heavy atom. The van der Waals surface area contributed by atoms with Crippen molar-refractivity contribution in [3.05, 3.63) is 99.9 Å². The van der Waals surface area contributed by atoms with E-state index in [0.717, 1.165) is 43.1 Å². The van der Waals surface area contributed by atoms with E-state index in [-0.39, 0.29) is 24.3 Å². The molecular formula is C38H47N9O6. The van der Waals surface area contributed by atoms with Gasteiger partial charge in [-0.15, -0.1) is 0 Å². The van der Waals surface area contributed by atoms with Crippen LogP contribution in [0.5, 0.6) is 0 Å². The number of azide groups is 1. The van der Waals surface area contributed by atoms with Gasteiger partial charge in [0.2, 0.25) is 5.91 Å². The van der Waals surface area contributed by atoms with Gasteiger partial charge in [0.15, 0.2) is 0 Å². The molecule has 3 amide bonds. The lowest BCUT2D eigenvalue weighted by Crippen LogP contribution is -2.48. The molecule has 3 aromatic rings. The van der Waals surface area contributed by atoms with Gasteiger partial charge < -0.3 is 40.0 Å². The van der Waals surface area contributed by atoms with Crippen LogP contribution < -0.4 is 20.9 Å². The third-order valence-corrected chi connectivity index (χ3v) is 8.87. The number of hydrogen-bond acceptors (Lipinski definition) is 10. The molecule has 15 nitrogen and oxygen atoms in total. The molecule has 0 spiro atoms. The first-order valence-electron chi connectivity index (χ1n) is 17.7. The van der Waals surface area contributed by atoms with Crippen LogP contribution in [0, 0.1) is 0 Å². The molecule has 1 saturated heterocycles. The fraction of sp³-hybridized carbons (Fsp3) is 0.395. The smallest absolute Gasteiger partial charge is 0.258 e. The number of nitrogens with zero attached hydrogens (tertiary/aromatic N) is 6. The molecule has 0 aromatic heterocycles. The highest BCUT2D eigenvalue weighted by Crippen LogP contribution is 2.38. The Morgan fingerprint density at radius 3 is 2.26 bits per heavy atom. The molecular weight excluding hydrogens is 678 g/mol. The van der Waals surface area contributed by atoms with E-state index in [1.54, 1.807) is 30.1 Å². The Bertz CT molecular complexity index is 1770. The van der Waals surface area contributed by atoms with Crippen molar-refractivity contribution < 1.29 is 28.6 Å². The van der Waals surface area contributed by atoms with Crippen molar-refractivity contribution in [2.75, 3.05) is 115 Å². The van der Waals surface area contributed by atoms with E-state index in [0.29, 0.717) is 80.8 Å². The Hall–Kier alpha value is -5.28. The summed E-state index contributed by atoms with van der Waals surface area (Å²) in [6, 6.07) is 22.3. The lowest BCUT2D eigenvalue weighted by atomic mass is 9.99. The number of carbonyl (C=O) groups excluding carboxylic acids is 3. The average molecular weight is 726 g/mol. The third kappa shape index (κ3) is 11.4. The summed E-state index contributed by atoms with van der Waals surface area (Å²) in [5, 5.41) is 12.6. The summed E-state index contributed by atoms with van der Waals surface area (Å²) in [6.07, 6.45) is 0. The maximum absolute atomic E-state index is 13.5. The minimum Gasteiger partial charge on any atom is -0.379 e. The SMILES string of the molecule is CN1CCN(CC(=O)N(C)c2ccc(N/C(=C3\C(=O)Nc4cc(C(=O)NCCOCCOCCOCCN=[N+]=[N-])ccc43)c3ccccc3)cc2)CC1. The predicted octanol–water partition coefficient (Wildman–Crippen LogP) is 3.92. The largest absolute Gasteiger partial charge is 0.379 e. The van der Waals surface area contributed by atoms with Crippen LogP contribution in [0.2, 0.25) is 0 Å². The second-order valence-corrected chi connectivity index (χ2v) is 12.6. The van der Waals surface area contributed by atoms with E-state index in [1.165, 1.54) is 0 Å². The highest BCUT2D eigenvalue weighted by atomic mass is 16.5. The minimum absolute atomic E-state index is 0.0317. The molecule has 0 bridgehead atoms. The monoisotopic (exact) mass is 725 g/mol. The Morgan fingerprint density at radius 2 is 1.57 bits per heavy atom. The molecule has 5 rings (SSSR count). The van der Waals surface area contributed by atoms with Crippen LogP contribution in [0.15, 0.2) is 77.9 Å². The standard InChI is InChI=1S/C38H47N9O6/c1-45-16-18-47(19-17-45)27-34(48)46(2)31-11-9-30(10-12-31)42-36(28-6-4-3-5-7-28)35-32-13-8-29(26-33(32)43-38(35)50)37(49)40-14-20-51-22-24-53-25-23-52-21-15-41-44-39/h3-13,26,42H,14-25,27H2,1-2H3,(H,40,49)(H,43,50)/b36-35-. The van der Waals surface area contributed by atoms with Crippen LogP contribution >= 0.6 is 0 Å². The van der Waals surface area contributed by atoms with Crippen LogP contribution in [0.4, 0.5) is 17.1 Å². The van der Waals surface area contributed by atoms with E-state index in [1.807, 2.05) is 54.6 Å². The summed E-state index contributed by atoms with van der Waals surface area (Å²) in [5.74, 6) is -0.542. The number of carbonyl (C=O) groups is 3. The predicted molar refractivity (Wildman–Crippen MR) is 205 cm³/mol. The molecule has 1 fully saturated rings. The fourth-order valence-electron chi connectivity index (χ4n) is 5.84. The number of rotatable bonds is 19. The first-order valence-corrected chi connectivity index (χ1v) is 17.7. The summed E-state index contributed by atoms with van der Waals surface area (Å²) in [6.45, 7) is 6.81. The molecule has 0 aliphatic carbocycles. The van der Waals surface area contributed by atoms with Crippen LogP contribution in [0.1, 0.15) is 21.5 Å². The van der Waals surface area contributed by atoms with Gasteiger partial charge >= 0.3 is 0 Å². The van der Waals surface area contributed by atoms with Gasteiger partial charge in [0.05, 0.1) is 57.5 Å². The zero-order valence-corrected chi connectivity index (χ0v) is 30.3. The number of anilines is 3. The zero-order valence-electron chi connectivity index (χ0n) is 30.3. The lowest BCUT2D eigenvalue weighted by molar-refractivity contribution is -0.119. The first kappa shape index (κ1) is 38.9. The molecule has 0 unspecified atom stereocenters. The fourth-order valence-corrected chi connectivity index (χ4v) is 5.84. The van der Waals surface area contributed by atoms with Crippen LogP contribution in [-0.4, -0.2) is 127 Å². The van der Waals surface area contributed by atoms with Gasteiger partial charge in [-0.25, -0.2) is 0 Å². The van der Waals surface area contributed by atoms with Crippen molar-refractivity contribution >= 4 is 46.1 Å². The average Bonchev–Trinajstić information content (AvgIpc) is 3.51. The molecule has 15 heteroatoms. The van der Waals surface area contributed by atoms with E-state index in [9.17, 15) is 14.4 Å². The molecule has 2 aliphatic heterocycles. The van der Waals surface area contributed by atoms with Crippen molar-refractivity contribution in [1.82, 2.24) is 15.1 Å². The van der Waals surface area contributed by atoms with E-state index in [2.05, 4.69) is 42.8 Å². The van der Waals surface area contributed by atoms with Gasteiger partial charge in [-0.3, -0.25) is 19.3 Å². The van der Waals surface area contributed by atoms with Crippen molar-refractivity contribution in [3.63, 3.8) is 0 Å². The van der Waals surface area contributed by atoms with E-state index < -0.39 is 0 Å². The molecule has 280 valence electrons. The lowest BCUT2D eigenvalue weighted by Gasteiger charge is -2.32. The van der Waals surface area contributed by atoms with Crippen molar-refractivity contribution in [2.24, 2.45) is 5.11 Å². The number of ether oxygens (including phenoxy) is 3. The molecule has 2 aliphatic rings. The molecule has 0 atom stereocenters. The van der Waals surface area contributed by atoms with Gasteiger partial charge in [-0.05, 0) is 54.5 Å². The van der Waals surface area contributed by atoms with Gasteiger partial charge in [0, 0.05) is 79.4 Å². The molecule has 3 aromatic carbocycles.